The number of nitrogens with one attached hydrogen (secondary N) is 3. The fourth-order valence-corrected chi connectivity index (χ4v) is 2.48. The maximum atomic E-state index is 13.1. The van der Waals surface area contributed by atoms with Crippen LogP contribution in [0.4, 0.5) is 4.48 Å². The van der Waals surface area contributed by atoms with E-state index in [1.807, 2.05) is 0 Å². The summed E-state index contributed by atoms with van der Waals surface area (Å²) in [5, 5.41) is 8.60. The second-order valence-electron chi connectivity index (χ2n) is 6.44. The lowest BCUT2D eigenvalue weighted by atomic mass is 10.2. The van der Waals surface area contributed by atoms with E-state index in [2.05, 4.69) is 15.8 Å². The van der Waals surface area contributed by atoms with Crippen LogP contribution in [0.3, 0.4) is 0 Å². The second kappa shape index (κ2) is 14.8. The van der Waals surface area contributed by atoms with Crippen molar-refractivity contribution in [2.24, 2.45) is 4.99 Å². The zero-order chi connectivity index (χ0) is 21.5. The molecule has 1 unspecified atom stereocenters. The smallest absolute Gasteiger partial charge is 0.238 e. The SMILES string of the molecule is CC(=O)CN(CC(COCCOCCO)NF)C(=O)CCN=C1CCC(=O)NN1. The molecule has 0 aromatic heterocycles. The average molecular weight is 419 g/mol. The summed E-state index contributed by atoms with van der Waals surface area (Å²) in [4.78, 5) is 40.5. The van der Waals surface area contributed by atoms with Crippen molar-refractivity contribution in [1.29, 1.82) is 0 Å². The van der Waals surface area contributed by atoms with Gasteiger partial charge < -0.3 is 19.5 Å². The summed E-state index contributed by atoms with van der Waals surface area (Å²) in [5.41, 5.74) is 6.69. The van der Waals surface area contributed by atoms with E-state index >= 15 is 0 Å². The van der Waals surface area contributed by atoms with Gasteiger partial charge in [-0.2, -0.15) is 5.54 Å². The molecule has 12 heteroatoms. The van der Waals surface area contributed by atoms with Gasteiger partial charge in [0.25, 0.3) is 0 Å². The van der Waals surface area contributed by atoms with Crippen LogP contribution in [0.1, 0.15) is 26.2 Å². The van der Waals surface area contributed by atoms with Gasteiger partial charge in [-0.05, 0) is 6.92 Å². The number of ketones is 1. The topological polar surface area (TPSA) is 142 Å². The first-order valence-corrected chi connectivity index (χ1v) is 9.44. The van der Waals surface area contributed by atoms with E-state index in [0.717, 1.165) is 0 Å². The summed E-state index contributed by atoms with van der Waals surface area (Å²) in [6.07, 6.45) is 0.830. The van der Waals surface area contributed by atoms with Gasteiger partial charge in [0.2, 0.25) is 11.8 Å². The number of nitrogens with zero attached hydrogens (tertiary/aromatic N) is 2. The number of carbonyl (C=O) groups excluding carboxylic acids is 3. The Balaban J connectivity index is 2.44. The van der Waals surface area contributed by atoms with E-state index in [1.54, 1.807) is 5.54 Å². The number of rotatable bonds is 15. The summed E-state index contributed by atoms with van der Waals surface area (Å²) in [7, 11) is 0. The Kier molecular flexibility index (Phi) is 12.7. The molecule has 2 amide bonds. The maximum absolute atomic E-state index is 13.1. The van der Waals surface area contributed by atoms with Crippen LogP contribution in [0.25, 0.3) is 0 Å². The Hall–Kier alpha value is -2.15. The van der Waals surface area contributed by atoms with E-state index in [0.29, 0.717) is 18.7 Å². The molecule has 1 heterocycles. The van der Waals surface area contributed by atoms with Crippen LogP contribution in [-0.2, 0) is 23.9 Å². The first-order chi connectivity index (χ1) is 14.0. The summed E-state index contributed by atoms with van der Waals surface area (Å²) < 4.78 is 23.4. The molecule has 1 atom stereocenters. The number of hydrogen-bond acceptors (Lipinski definition) is 8. The van der Waals surface area contributed by atoms with E-state index < -0.39 is 6.04 Å². The van der Waals surface area contributed by atoms with Crippen molar-refractivity contribution < 1.29 is 33.4 Å². The van der Waals surface area contributed by atoms with Crippen molar-refractivity contribution in [2.45, 2.75) is 32.2 Å². The largest absolute Gasteiger partial charge is 0.394 e. The Labute approximate surface area is 168 Å². The van der Waals surface area contributed by atoms with Crippen molar-refractivity contribution in [3.05, 3.63) is 0 Å². The lowest BCUT2D eigenvalue weighted by Crippen LogP contribution is -2.47. The molecule has 0 spiro atoms. The van der Waals surface area contributed by atoms with E-state index in [-0.39, 0.29) is 76.7 Å². The average Bonchev–Trinajstić information content (AvgIpc) is 2.70. The number of aliphatic imine (C=N–C) groups is 1. The van der Waals surface area contributed by atoms with Gasteiger partial charge in [-0.15, -0.1) is 4.48 Å². The Bertz CT molecular complexity index is 550. The number of aliphatic hydroxyl groups excluding tert-OH is 1. The normalized spacial score (nSPS) is 16.2. The minimum atomic E-state index is -0.808. The minimum Gasteiger partial charge on any atom is -0.394 e. The van der Waals surface area contributed by atoms with Crippen molar-refractivity contribution in [3.8, 4) is 0 Å². The Morgan fingerprint density at radius 1 is 1.28 bits per heavy atom. The molecule has 0 aliphatic carbocycles. The Morgan fingerprint density at radius 3 is 2.66 bits per heavy atom. The number of carbonyl (C=O) groups is 3. The van der Waals surface area contributed by atoms with E-state index in [1.165, 1.54) is 11.8 Å². The molecule has 1 saturated heterocycles. The minimum absolute atomic E-state index is 0.0212. The molecule has 29 heavy (non-hydrogen) atoms. The van der Waals surface area contributed by atoms with Gasteiger partial charge in [0.15, 0.2) is 0 Å². The molecule has 1 aliphatic rings. The molecule has 0 radical (unpaired) electrons. The fraction of sp³-hybridized carbons (Fsp3) is 0.765. The molecular weight excluding hydrogens is 389 g/mol. The third kappa shape index (κ3) is 11.4. The quantitative estimate of drug-likeness (QED) is 0.185. The highest BCUT2D eigenvalue weighted by Gasteiger charge is 2.21. The summed E-state index contributed by atoms with van der Waals surface area (Å²) in [5.74, 6) is -0.108. The number of Topliss-reactive ketones (excluding diaryl/α,β-unsaturated/α-hetero) is 1. The zero-order valence-corrected chi connectivity index (χ0v) is 16.6. The third-order valence-electron chi connectivity index (χ3n) is 3.85. The van der Waals surface area contributed by atoms with Crippen LogP contribution in [0, 0.1) is 0 Å². The first-order valence-electron chi connectivity index (χ1n) is 9.44. The van der Waals surface area contributed by atoms with Gasteiger partial charge in [0, 0.05) is 32.4 Å². The van der Waals surface area contributed by atoms with Crippen LogP contribution in [0.15, 0.2) is 4.99 Å². The van der Waals surface area contributed by atoms with Gasteiger partial charge in [-0.25, -0.2) is 0 Å². The van der Waals surface area contributed by atoms with Gasteiger partial charge in [0.05, 0.1) is 45.6 Å². The number of hydrazine groups is 1. The van der Waals surface area contributed by atoms with Crippen molar-refractivity contribution in [2.75, 3.05) is 52.7 Å². The highest BCUT2D eigenvalue weighted by atomic mass is 19.2. The molecule has 0 bridgehead atoms. The Morgan fingerprint density at radius 2 is 2.03 bits per heavy atom. The van der Waals surface area contributed by atoms with E-state index in [4.69, 9.17) is 14.6 Å². The molecular formula is C17H30FN5O6. The lowest BCUT2D eigenvalue weighted by molar-refractivity contribution is -0.135. The van der Waals surface area contributed by atoms with Crippen LogP contribution in [-0.4, -0.2) is 92.2 Å². The van der Waals surface area contributed by atoms with Crippen molar-refractivity contribution in [1.82, 2.24) is 21.3 Å². The van der Waals surface area contributed by atoms with Crippen LogP contribution in [0.2, 0.25) is 0 Å². The van der Waals surface area contributed by atoms with Gasteiger partial charge in [-0.1, -0.05) is 0 Å². The second-order valence-corrected chi connectivity index (χ2v) is 6.44. The van der Waals surface area contributed by atoms with E-state index in [9.17, 15) is 18.9 Å². The van der Waals surface area contributed by atoms with Crippen molar-refractivity contribution >= 4 is 23.4 Å². The zero-order valence-electron chi connectivity index (χ0n) is 16.6. The van der Waals surface area contributed by atoms with Crippen LogP contribution >= 0.6 is 0 Å². The predicted molar refractivity (Wildman–Crippen MR) is 101 cm³/mol. The summed E-state index contributed by atoms with van der Waals surface area (Å²) >= 11 is 0. The number of halogens is 1. The van der Waals surface area contributed by atoms with Crippen LogP contribution in [0.5, 0.6) is 0 Å². The molecule has 166 valence electrons. The third-order valence-corrected chi connectivity index (χ3v) is 3.85. The number of aliphatic hydroxyl groups is 1. The number of ether oxygens (including phenoxy) is 2. The van der Waals surface area contributed by atoms with Crippen LogP contribution < -0.4 is 16.4 Å². The molecule has 1 rings (SSSR count). The van der Waals surface area contributed by atoms with Gasteiger partial charge in [0.1, 0.15) is 11.6 Å². The summed E-state index contributed by atoms with van der Waals surface area (Å²) in [6, 6.07) is -0.808. The molecule has 0 aromatic rings. The number of amides is 2. The fourth-order valence-electron chi connectivity index (χ4n) is 2.48. The molecule has 0 saturated carbocycles. The molecule has 1 aliphatic heterocycles. The molecule has 11 nitrogen and oxygen atoms in total. The number of hydrogen-bond donors (Lipinski definition) is 4. The van der Waals surface area contributed by atoms with Gasteiger partial charge >= 0.3 is 0 Å². The molecule has 0 aromatic carbocycles. The standard InChI is InChI=1S/C17H30FN5O6/c1-13(25)10-23(11-14(20-18)12-29-9-8-28-7-6-24)17(27)4-5-19-15-2-3-16(26)22-21-15/h14,20,24H,2-12H2,1H3,(H,19,21)(H,22,26). The number of amidine groups is 1. The highest BCUT2D eigenvalue weighted by molar-refractivity contribution is 5.92. The first kappa shape index (κ1) is 24.9. The monoisotopic (exact) mass is 419 g/mol. The molecule has 1 fully saturated rings. The van der Waals surface area contributed by atoms with Gasteiger partial charge in [-0.3, -0.25) is 30.2 Å². The summed E-state index contributed by atoms with van der Waals surface area (Å²) in [6.45, 7) is 1.89. The lowest BCUT2D eigenvalue weighted by Gasteiger charge is -2.25. The van der Waals surface area contributed by atoms with Crippen molar-refractivity contribution in [3.63, 3.8) is 0 Å². The maximum Gasteiger partial charge on any atom is 0.238 e. The molecule has 4 N–H and O–H groups in total. The highest BCUT2D eigenvalue weighted by Crippen LogP contribution is 2.02. The predicted octanol–water partition coefficient (Wildman–Crippen LogP) is -1.52.